The summed E-state index contributed by atoms with van der Waals surface area (Å²) in [5.74, 6) is -2.53. The van der Waals surface area contributed by atoms with Crippen molar-refractivity contribution in [2.24, 2.45) is 11.8 Å². The number of carbonyl (C=O) groups excluding carboxylic acids is 1. The molecule has 15 heavy (non-hydrogen) atoms. The quantitative estimate of drug-likeness (QED) is 0.613. The van der Waals surface area contributed by atoms with Crippen molar-refractivity contribution in [2.75, 3.05) is 20.3 Å². The lowest BCUT2D eigenvalue weighted by molar-refractivity contribution is -0.148. The Morgan fingerprint density at radius 3 is 2.27 bits per heavy atom. The van der Waals surface area contributed by atoms with Crippen molar-refractivity contribution in [3.05, 3.63) is 0 Å². The van der Waals surface area contributed by atoms with Crippen LogP contribution in [0.2, 0.25) is 0 Å². The van der Waals surface area contributed by atoms with Crippen molar-refractivity contribution >= 4 is 11.9 Å². The number of fused-ring (bicyclic) bond motifs is 1. The van der Waals surface area contributed by atoms with Crippen molar-refractivity contribution in [3.8, 4) is 0 Å². The Morgan fingerprint density at radius 2 is 1.73 bits per heavy atom. The number of carbonyl (C=O) groups is 2. The number of hydrogen-bond acceptors (Lipinski definition) is 5. The van der Waals surface area contributed by atoms with Gasteiger partial charge >= 0.3 is 11.9 Å². The lowest BCUT2D eigenvalue weighted by atomic mass is 9.96. The summed E-state index contributed by atoms with van der Waals surface area (Å²) >= 11 is 0. The second-order valence-corrected chi connectivity index (χ2v) is 3.67. The van der Waals surface area contributed by atoms with Gasteiger partial charge in [0, 0.05) is 0 Å². The van der Waals surface area contributed by atoms with Crippen LogP contribution in [0.25, 0.3) is 0 Å². The highest BCUT2D eigenvalue weighted by Crippen LogP contribution is 2.35. The molecule has 2 fully saturated rings. The monoisotopic (exact) mass is 216 g/mol. The van der Waals surface area contributed by atoms with Crippen molar-refractivity contribution < 1.29 is 28.9 Å². The highest BCUT2D eigenvalue weighted by molar-refractivity contribution is 5.75. The molecule has 0 saturated carbocycles. The van der Waals surface area contributed by atoms with Crippen LogP contribution < -0.4 is 0 Å². The highest BCUT2D eigenvalue weighted by atomic mass is 16.6. The Bertz CT molecular complexity index is 288. The first kappa shape index (κ1) is 10.4. The summed E-state index contributed by atoms with van der Waals surface area (Å²) in [6.07, 6.45) is -0.995. The molecule has 1 N–H and O–H groups in total. The fourth-order valence-corrected chi connectivity index (χ4v) is 2.06. The number of esters is 1. The minimum atomic E-state index is -0.951. The number of ether oxygens (including phenoxy) is 3. The van der Waals surface area contributed by atoms with E-state index in [0.29, 0.717) is 0 Å². The highest BCUT2D eigenvalue weighted by Gasteiger charge is 2.53. The molecule has 2 saturated heterocycles. The largest absolute Gasteiger partial charge is 0.481 e. The Morgan fingerprint density at radius 1 is 1.20 bits per heavy atom. The van der Waals surface area contributed by atoms with Gasteiger partial charge in [-0.1, -0.05) is 0 Å². The Hall–Kier alpha value is -1.14. The van der Waals surface area contributed by atoms with E-state index in [1.807, 2.05) is 0 Å². The summed E-state index contributed by atoms with van der Waals surface area (Å²) in [5, 5.41) is 8.87. The summed E-state index contributed by atoms with van der Waals surface area (Å²) in [6, 6.07) is 0. The Balaban J connectivity index is 2.08. The van der Waals surface area contributed by atoms with E-state index in [4.69, 9.17) is 14.6 Å². The molecule has 2 heterocycles. The van der Waals surface area contributed by atoms with Gasteiger partial charge in [0.2, 0.25) is 0 Å². The normalized spacial score (nSPS) is 38.7. The second-order valence-electron chi connectivity index (χ2n) is 3.67. The lowest BCUT2D eigenvalue weighted by Gasteiger charge is -2.13. The molecule has 4 atom stereocenters. The van der Waals surface area contributed by atoms with Gasteiger partial charge in [0.25, 0.3) is 0 Å². The zero-order valence-electron chi connectivity index (χ0n) is 8.21. The molecule has 0 aromatic rings. The van der Waals surface area contributed by atoms with Gasteiger partial charge in [0.15, 0.2) is 0 Å². The maximum atomic E-state index is 11.3. The van der Waals surface area contributed by atoms with Gasteiger partial charge in [0.1, 0.15) is 24.0 Å². The van der Waals surface area contributed by atoms with E-state index < -0.39 is 36.0 Å². The van der Waals surface area contributed by atoms with Gasteiger partial charge < -0.3 is 19.3 Å². The van der Waals surface area contributed by atoms with Crippen LogP contribution in [0, 0.1) is 11.8 Å². The fourth-order valence-electron chi connectivity index (χ4n) is 2.06. The third-order valence-electron chi connectivity index (χ3n) is 2.87. The smallest absolute Gasteiger partial charge is 0.313 e. The molecule has 84 valence electrons. The van der Waals surface area contributed by atoms with E-state index in [0.717, 1.165) is 0 Å². The number of hydrogen-bond donors (Lipinski definition) is 1. The van der Waals surface area contributed by atoms with E-state index in [-0.39, 0.29) is 13.2 Å². The third-order valence-corrected chi connectivity index (χ3v) is 2.87. The molecule has 6 heteroatoms. The molecule has 0 aromatic heterocycles. The molecular formula is C9H12O6. The summed E-state index contributed by atoms with van der Waals surface area (Å²) in [7, 11) is 1.29. The van der Waals surface area contributed by atoms with Crippen LogP contribution in [0.15, 0.2) is 0 Å². The summed E-state index contributed by atoms with van der Waals surface area (Å²) in [4.78, 5) is 22.1. The van der Waals surface area contributed by atoms with Crippen molar-refractivity contribution in [3.63, 3.8) is 0 Å². The Kier molecular flexibility index (Phi) is 2.62. The van der Waals surface area contributed by atoms with E-state index in [1.54, 1.807) is 0 Å². The van der Waals surface area contributed by atoms with Crippen molar-refractivity contribution in [1.82, 2.24) is 0 Å². The summed E-state index contributed by atoms with van der Waals surface area (Å²) in [5.41, 5.74) is 0. The molecule has 0 bridgehead atoms. The number of aliphatic carboxylic acids is 1. The van der Waals surface area contributed by atoms with Crippen LogP contribution in [0.3, 0.4) is 0 Å². The number of carboxylic acid groups (broad SMARTS) is 1. The molecular weight excluding hydrogens is 204 g/mol. The van der Waals surface area contributed by atoms with Gasteiger partial charge in [0.05, 0.1) is 20.3 Å². The van der Waals surface area contributed by atoms with Gasteiger partial charge in [-0.25, -0.2) is 0 Å². The first-order valence-corrected chi connectivity index (χ1v) is 4.69. The van der Waals surface area contributed by atoms with Crippen LogP contribution in [0.5, 0.6) is 0 Å². The molecule has 2 aliphatic heterocycles. The van der Waals surface area contributed by atoms with E-state index >= 15 is 0 Å². The van der Waals surface area contributed by atoms with Crippen LogP contribution >= 0.6 is 0 Å². The van der Waals surface area contributed by atoms with E-state index in [1.165, 1.54) is 7.11 Å². The molecule has 0 spiro atoms. The molecule has 2 rings (SSSR count). The second kappa shape index (κ2) is 3.79. The SMILES string of the molecule is COC(=O)[C@H]1CO[C@H]2[C@@H]1OC[C@@H]2C(=O)O. The van der Waals surface area contributed by atoms with Crippen LogP contribution in [-0.2, 0) is 23.8 Å². The zero-order valence-corrected chi connectivity index (χ0v) is 8.21. The predicted molar refractivity (Wildman–Crippen MR) is 46.1 cm³/mol. The molecule has 6 nitrogen and oxygen atoms in total. The molecule has 0 radical (unpaired) electrons. The van der Waals surface area contributed by atoms with Gasteiger partial charge in [-0.2, -0.15) is 0 Å². The van der Waals surface area contributed by atoms with E-state index in [2.05, 4.69) is 4.74 Å². The minimum Gasteiger partial charge on any atom is -0.481 e. The predicted octanol–water partition coefficient (Wildman–Crippen LogP) is -0.726. The fraction of sp³-hybridized carbons (Fsp3) is 0.778. The van der Waals surface area contributed by atoms with Crippen LogP contribution in [0.4, 0.5) is 0 Å². The topological polar surface area (TPSA) is 82.1 Å². The average Bonchev–Trinajstić information content (AvgIpc) is 2.75. The summed E-state index contributed by atoms with van der Waals surface area (Å²) < 4.78 is 15.2. The Labute approximate surface area is 86.1 Å². The van der Waals surface area contributed by atoms with Crippen LogP contribution in [0.1, 0.15) is 0 Å². The molecule has 0 aromatic carbocycles. The van der Waals surface area contributed by atoms with Crippen molar-refractivity contribution in [2.45, 2.75) is 12.2 Å². The number of methoxy groups -OCH3 is 1. The lowest BCUT2D eigenvalue weighted by Crippen LogP contribution is -2.33. The molecule has 0 amide bonds. The first-order valence-electron chi connectivity index (χ1n) is 4.69. The van der Waals surface area contributed by atoms with Crippen LogP contribution in [-0.4, -0.2) is 49.6 Å². The maximum absolute atomic E-state index is 11.3. The van der Waals surface area contributed by atoms with Gasteiger partial charge in [-0.3, -0.25) is 9.59 Å². The zero-order chi connectivity index (χ0) is 11.0. The maximum Gasteiger partial charge on any atom is 0.313 e. The van der Waals surface area contributed by atoms with E-state index in [9.17, 15) is 9.59 Å². The molecule has 0 unspecified atom stereocenters. The first-order chi connectivity index (χ1) is 7.15. The average molecular weight is 216 g/mol. The molecule has 0 aliphatic carbocycles. The standard InChI is InChI=1S/C9H12O6/c1-13-9(12)5-3-15-6-4(8(10)11)2-14-7(5)6/h4-7H,2-3H2,1H3,(H,10,11)/t4-,5-,6+,7+/m0/s1. The molecule has 2 aliphatic rings. The third kappa shape index (κ3) is 1.59. The number of carboxylic acids is 1. The van der Waals surface area contributed by atoms with Crippen molar-refractivity contribution in [1.29, 1.82) is 0 Å². The van der Waals surface area contributed by atoms with Gasteiger partial charge in [-0.05, 0) is 0 Å². The number of rotatable bonds is 2. The minimum absolute atomic E-state index is 0.0954. The van der Waals surface area contributed by atoms with Gasteiger partial charge in [-0.15, -0.1) is 0 Å². The summed E-state index contributed by atoms with van der Waals surface area (Å²) in [6.45, 7) is 0.268.